The number of pyridine rings is 2. The lowest BCUT2D eigenvalue weighted by Gasteiger charge is -2.27. The Balaban J connectivity index is 0.827. The van der Waals surface area contributed by atoms with Crippen LogP contribution in [0.15, 0.2) is 128 Å². The highest BCUT2D eigenvalue weighted by Gasteiger charge is 2.24. The summed E-state index contributed by atoms with van der Waals surface area (Å²) in [5.41, 5.74) is 20.5. The van der Waals surface area contributed by atoms with E-state index in [-0.39, 0.29) is 42.5 Å². The van der Waals surface area contributed by atoms with Gasteiger partial charge in [-0.1, -0.05) is 49.4 Å². The first-order valence-corrected chi connectivity index (χ1v) is 23.9. The van der Waals surface area contributed by atoms with Gasteiger partial charge in [0.15, 0.2) is 0 Å². The number of aliphatic imine (C=N–C) groups is 2. The number of benzene rings is 4. The molecule has 3 aliphatic rings. The number of nitrogens with two attached hydrogens (primary N) is 2. The summed E-state index contributed by atoms with van der Waals surface area (Å²) in [7, 11) is 0. The molecule has 13 nitrogen and oxygen atoms in total. The number of aromatic nitrogens is 2. The zero-order valence-corrected chi connectivity index (χ0v) is 38.6. The second-order valence-corrected chi connectivity index (χ2v) is 18.1. The lowest BCUT2D eigenvalue weighted by Crippen LogP contribution is -2.37. The number of piperidine rings is 1. The Kier molecular flexibility index (Phi) is 13.6. The highest BCUT2D eigenvalue weighted by Crippen LogP contribution is 2.35. The van der Waals surface area contributed by atoms with Crippen LogP contribution in [-0.2, 0) is 22.7 Å². The second-order valence-electron chi connectivity index (χ2n) is 18.1. The van der Waals surface area contributed by atoms with Gasteiger partial charge >= 0.3 is 0 Å². The first kappa shape index (κ1) is 45.8. The Morgan fingerprint density at radius 2 is 1.22 bits per heavy atom. The maximum absolute atomic E-state index is 14.1. The van der Waals surface area contributed by atoms with Crippen LogP contribution in [0.4, 0.5) is 11.4 Å². The van der Waals surface area contributed by atoms with Gasteiger partial charge in [-0.3, -0.25) is 19.2 Å². The summed E-state index contributed by atoms with van der Waals surface area (Å²) in [5, 5.41) is 12.3. The highest BCUT2D eigenvalue weighted by molar-refractivity contribution is 6.07. The first-order valence-electron chi connectivity index (χ1n) is 23.9. The number of aryl methyl sites for hydroxylation is 1. The average Bonchev–Trinajstić information content (AvgIpc) is 3.63. The van der Waals surface area contributed by atoms with Crippen LogP contribution in [0.1, 0.15) is 75.8 Å². The standard InChI is InChI=1S/C55H58N8O5/c1-2-19-60(52(65)44-29-43-14-12-40(33-49(43)59-50(56)34-44)38-10-9-36-17-24-63(26-27-64)55(68)47(36)31-38)20-5-3-8-23-62-25-18-41-28-37(15-16-46(41)54(62)67)39-11-13-42-30-45(35-51(57)58-48(42)32-39)53(66)61-21-6-4-7-22-61/h9-18,24-25,28-33,64H,2-8,19-23,26-27,34-35H2,1H3,(H2,56,59)(H2,57,58). The molecule has 0 atom stereocenters. The molecule has 2 amide bonds. The minimum Gasteiger partial charge on any atom is -0.395 e. The fourth-order valence-corrected chi connectivity index (χ4v) is 9.65. The maximum atomic E-state index is 14.1. The van der Waals surface area contributed by atoms with Crippen LogP contribution in [0.25, 0.3) is 56.0 Å². The SMILES string of the molecule is CCCN(CCCCCn1ccc2cc(-c3ccc4c(c3)N=C(N)CC(C(=O)N3CCCCC3)=C4)ccc2c1=O)C(=O)C1=Cc2ccc(-c3ccc4ccn(CCO)c(=O)c4c3)cc2N=C(N)C1. The largest absolute Gasteiger partial charge is 0.395 e. The van der Waals surface area contributed by atoms with Crippen molar-refractivity contribution >= 4 is 68.6 Å². The van der Waals surface area contributed by atoms with Gasteiger partial charge in [-0.05, 0) is 133 Å². The molecule has 4 aromatic carbocycles. The number of carbonyl (C=O) groups is 2. The van der Waals surface area contributed by atoms with E-state index in [1.165, 1.54) is 4.57 Å². The number of carbonyl (C=O) groups excluding carboxylic acids is 2. The zero-order valence-electron chi connectivity index (χ0n) is 38.6. The molecule has 68 heavy (non-hydrogen) atoms. The molecule has 5 N–H and O–H groups in total. The van der Waals surface area contributed by atoms with Crippen LogP contribution in [-0.4, -0.2) is 80.3 Å². The third kappa shape index (κ3) is 9.84. The molecule has 1 saturated heterocycles. The summed E-state index contributed by atoms with van der Waals surface area (Å²) in [6.07, 6.45) is 14.3. The number of hydrogen-bond acceptors (Lipinski definition) is 9. The molecule has 2 aromatic heterocycles. The number of amidine groups is 2. The van der Waals surface area contributed by atoms with Gasteiger partial charge in [-0.15, -0.1) is 0 Å². The van der Waals surface area contributed by atoms with E-state index in [1.807, 2.05) is 113 Å². The van der Waals surface area contributed by atoms with Crippen molar-refractivity contribution in [3.63, 3.8) is 0 Å². The maximum Gasteiger partial charge on any atom is 0.258 e. The van der Waals surface area contributed by atoms with Crippen LogP contribution in [0.2, 0.25) is 0 Å². The Bertz CT molecular complexity index is 3190. The Morgan fingerprint density at radius 1 is 0.632 bits per heavy atom. The molecule has 0 saturated carbocycles. The summed E-state index contributed by atoms with van der Waals surface area (Å²) in [4.78, 5) is 67.4. The summed E-state index contributed by atoms with van der Waals surface area (Å²) >= 11 is 0. The summed E-state index contributed by atoms with van der Waals surface area (Å²) in [6, 6.07) is 27.3. The summed E-state index contributed by atoms with van der Waals surface area (Å²) in [5.74, 6) is 0.739. The normalized spacial score (nSPS) is 14.8. The number of fused-ring (bicyclic) bond motifs is 4. The van der Waals surface area contributed by atoms with Crippen molar-refractivity contribution in [3.05, 3.63) is 140 Å². The molecule has 6 aromatic rings. The Labute approximate surface area is 395 Å². The van der Waals surface area contributed by atoms with E-state index in [0.717, 1.165) is 108 Å². The van der Waals surface area contributed by atoms with Crippen LogP contribution in [0.3, 0.4) is 0 Å². The number of unbranched alkanes of at least 4 members (excludes halogenated alkanes) is 2. The molecule has 1 fully saturated rings. The van der Waals surface area contributed by atoms with Crippen molar-refractivity contribution in [1.29, 1.82) is 0 Å². The minimum atomic E-state index is -0.160. The van der Waals surface area contributed by atoms with E-state index in [2.05, 4.69) is 6.92 Å². The van der Waals surface area contributed by atoms with E-state index in [0.29, 0.717) is 65.3 Å². The van der Waals surface area contributed by atoms with Gasteiger partial charge in [0.05, 0.1) is 18.0 Å². The van der Waals surface area contributed by atoms with Crippen LogP contribution in [0, 0.1) is 0 Å². The van der Waals surface area contributed by atoms with Gasteiger partial charge in [-0.25, -0.2) is 9.98 Å². The van der Waals surface area contributed by atoms with Gasteiger partial charge in [0.25, 0.3) is 11.1 Å². The molecule has 0 bridgehead atoms. The molecule has 13 heteroatoms. The summed E-state index contributed by atoms with van der Waals surface area (Å²) < 4.78 is 3.27. The van der Waals surface area contributed by atoms with Crippen molar-refractivity contribution in [2.24, 2.45) is 21.5 Å². The van der Waals surface area contributed by atoms with Gasteiger partial charge < -0.3 is 35.5 Å². The minimum absolute atomic E-state index is 0.0382. The fourth-order valence-electron chi connectivity index (χ4n) is 9.65. The number of rotatable bonds is 14. The molecule has 0 radical (unpaired) electrons. The molecule has 0 unspecified atom stereocenters. The number of aliphatic hydroxyl groups excluding tert-OH is 1. The molecular weight excluding hydrogens is 853 g/mol. The van der Waals surface area contributed by atoms with Crippen LogP contribution >= 0.6 is 0 Å². The number of likely N-dealkylation sites (tertiary alicyclic amines) is 1. The zero-order chi connectivity index (χ0) is 47.3. The second kappa shape index (κ2) is 20.2. The number of aliphatic hydroxyl groups is 1. The topological polar surface area (TPSA) is 182 Å². The smallest absolute Gasteiger partial charge is 0.258 e. The lowest BCUT2D eigenvalue weighted by molar-refractivity contribution is -0.128. The highest BCUT2D eigenvalue weighted by atomic mass is 16.3. The van der Waals surface area contributed by atoms with Gasteiger partial charge in [0, 0.05) is 97.5 Å². The van der Waals surface area contributed by atoms with E-state index < -0.39 is 0 Å². The first-order chi connectivity index (χ1) is 33.1. The predicted octanol–water partition coefficient (Wildman–Crippen LogP) is 8.32. The van der Waals surface area contributed by atoms with Gasteiger partial charge in [0.1, 0.15) is 11.7 Å². The van der Waals surface area contributed by atoms with E-state index in [1.54, 1.807) is 10.8 Å². The molecule has 5 heterocycles. The lowest BCUT2D eigenvalue weighted by atomic mass is 9.99. The molecule has 348 valence electrons. The van der Waals surface area contributed by atoms with E-state index in [4.69, 9.17) is 21.5 Å². The number of amides is 2. The molecular formula is C55H58N8O5. The van der Waals surface area contributed by atoms with E-state index >= 15 is 0 Å². The van der Waals surface area contributed by atoms with Crippen molar-refractivity contribution in [2.75, 3.05) is 32.8 Å². The Hall–Kier alpha value is -7.38. The van der Waals surface area contributed by atoms with Crippen molar-refractivity contribution < 1.29 is 14.7 Å². The summed E-state index contributed by atoms with van der Waals surface area (Å²) in [6.45, 7) is 5.47. The van der Waals surface area contributed by atoms with Gasteiger partial charge in [-0.2, -0.15) is 0 Å². The molecule has 0 spiro atoms. The van der Waals surface area contributed by atoms with Gasteiger partial charge in [0.2, 0.25) is 11.8 Å². The molecule has 3 aliphatic heterocycles. The predicted molar refractivity (Wildman–Crippen MR) is 273 cm³/mol. The van der Waals surface area contributed by atoms with Crippen molar-refractivity contribution in [3.8, 4) is 22.3 Å². The van der Waals surface area contributed by atoms with E-state index in [9.17, 15) is 24.3 Å². The average molecular weight is 911 g/mol. The molecule has 0 aliphatic carbocycles. The van der Waals surface area contributed by atoms with Crippen LogP contribution in [0.5, 0.6) is 0 Å². The number of nitrogens with zero attached hydrogens (tertiary/aromatic N) is 6. The Morgan fingerprint density at radius 3 is 1.91 bits per heavy atom. The third-order valence-corrected chi connectivity index (χ3v) is 13.3. The van der Waals surface area contributed by atoms with Crippen molar-refractivity contribution in [1.82, 2.24) is 18.9 Å². The van der Waals surface area contributed by atoms with Crippen LogP contribution < -0.4 is 22.6 Å². The third-order valence-electron chi connectivity index (χ3n) is 13.3. The fraction of sp³-hybridized carbons (Fsp3) is 0.309. The molecule has 9 rings (SSSR count). The number of hydrogen-bond donors (Lipinski definition) is 3. The quantitative estimate of drug-likeness (QED) is 0.0919. The van der Waals surface area contributed by atoms with Crippen molar-refractivity contribution in [2.45, 2.75) is 77.8 Å². The monoisotopic (exact) mass is 910 g/mol.